The lowest BCUT2D eigenvalue weighted by atomic mass is 10.1. The molecule has 6 heteroatoms. The molecule has 0 unspecified atom stereocenters. The number of hydrogen-bond donors (Lipinski definition) is 0. The Labute approximate surface area is 85.1 Å². The second kappa shape index (κ2) is 3.58. The van der Waals surface area contributed by atoms with Crippen LogP contribution >= 0.6 is 15.9 Å². The van der Waals surface area contributed by atoms with Crippen LogP contribution in [0.5, 0.6) is 0 Å². The Balaban J connectivity index is 3.50. The van der Waals surface area contributed by atoms with Gasteiger partial charge in [-0.3, -0.25) is 0 Å². The molecule has 0 radical (unpaired) electrons. The number of halogens is 5. The molecule has 0 amide bonds. The predicted molar refractivity (Wildman–Crippen MR) is 43.8 cm³/mol. The van der Waals surface area contributed by atoms with E-state index in [1.54, 1.807) is 0 Å². The highest BCUT2D eigenvalue weighted by molar-refractivity contribution is 9.10. The normalized spacial score (nSPS) is 11.1. The molecule has 1 aromatic rings. The van der Waals surface area contributed by atoms with Gasteiger partial charge in [0.1, 0.15) is 11.9 Å². The Kier molecular flexibility index (Phi) is 2.81. The van der Waals surface area contributed by atoms with Crippen LogP contribution in [-0.4, -0.2) is 0 Å². The number of alkyl halides is 3. The summed E-state index contributed by atoms with van der Waals surface area (Å²) >= 11 is 2.72. The quantitative estimate of drug-likeness (QED) is 0.661. The molecular formula is C8H2BrF4N. The minimum Gasteiger partial charge on any atom is -0.205 e. The van der Waals surface area contributed by atoms with Crippen molar-refractivity contribution in [3.8, 4) is 6.07 Å². The zero-order valence-electron chi connectivity index (χ0n) is 6.49. The van der Waals surface area contributed by atoms with E-state index < -0.39 is 23.1 Å². The van der Waals surface area contributed by atoms with Crippen LogP contribution in [-0.2, 0) is 6.18 Å². The first kappa shape index (κ1) is 11.0. The zero-order chi connectivity index (χ0) is 10.9. The van der Waals surface area contributed by atoms with E-state index >= 15 is 0 Å². The van der Waals surface area contributed by atoms with Crippen LogP contribution in [0.3, 0.4) is 0 Å². The molecule has 0 aliphatic heterocycles. The summed E-state index contributed by atoms with van der Waals surface area (Å²) in [4.78, 5) is 0. The lowest BCUT2D eigenvalue weighted by molar-refractivity contribution is -0.138. The maximum atomic E-state index is 12.9. The smallest absolute Gasteiger partial charge is 0.205 e. The second-order valence-corrected chi connectivity index (χ2v) is 3.34. The summed E-state index contributed by atoms with van der Waals surface area (Å²) in [6, 6.07) is 2.66. The number of benzene rings is 1. The highest BCUT2D eigenvalue weighted by Crippen LogP contribution is 2.34. The topological polar surface area (TPSA) is 23.8 Å². The maximum Gasteiger partial charge on any atom is 0.417 e. The molecule has 0 saturated heterocycles. The average molecular weight is 268 g/mol. The molecule has 1 nitrogen and oxygen atoms in total. The van der Waals surface area contributed by atoms with Crippen LogP contribution in [0.15, 0.2) is 16.6 Å². The van der Waals surface area contributed by atoms with Crippen LogP contribution in [0.1, 0.15) is 11.1 Å². The molecule has 0 N–H and O–H groups in total. The fraction of sp³-hybridized carbons (Fsp3) is 0.125. The van der Waals surface area contributed by atoms with Crippen LogP contribution in [0.2, 0.25) is 0 Å². The lowest BCUT2D eigenvalue weighted by Gasteiger charge is -2.09. The van der Waals surface area contributed by atoms with Gasteiger partial charge in [-0.1, -0.05) is 15.9 Å². The molecule has 0 fully saturated rings. The van der Waals surface area contributed by atoms with E-state index in [9.17, 15) is 17.6 Å². The molecule has 0 atom stereocenters. The van der Waals surface area contributed by atoms with Crippen molar-refractivity contribution in [1.82, 2.24) is 0 Å². The Hall–Kier alpha value is -1.09. The summed E-state index contributed by atoms with van der Waals surface area (Å²) in [6.45, 7) is 0. The minimum atomic E-state index is -4.73. The Bertz CT molecular complexity index is 405. The third-order valence-corrected chi connectivity index (χ3v) is 1.93. The summed E-state index contributed by atoms with van der Waals surface area (Å²) in [6.07, 6.45) is -4.73. The van der Waals surface area contributed by atoms with Crippen molar-refractivity contribution in [2.45, 2.75) is 6.18 Å². The molecule has 0 aliphatic carbocycles. The number of hydrogen-bond acceptors (Lipinski definition) is 1. The second-order valence-electron chi connectivity index (χ2n) is 2.42. The number of rotatable bonds is 0. The van der Waals surface area contributed by atoms with E-state index in [-0.39, 0.29) is 4.47 Å². The molecule has 74 valence electrons. The van der Waals surface area contributed by atoms with Gasteiger partial charge in [-0.25, -0.2) is 4.39 Å². The first-order chi connectivity index (χ1) is 6.36. The molecule has 0 heterocycles. The third kappa shape index (κ3) is 2.04. The van der Waals surface area contributed by atoms with Crippen LogP contribution < -0.4 is 0 Å². The molecule has 0 aliphatic rings. The largest absolute Gasteiger partial charge is 0.417 e. The van der Waals surface area contributed by atoms with Crippen LogP contribution in [0.25, 0.3) is 0 Å². The molecule has 0 saturated carbocycles. The molecule has 1 rings (SSSR count). The lowest BCUT2D eigenvalue weighted by Crippen LogP contribution is -2.09. The summed E-state index contributed by atoms with van der Waals surface area (Å²) in [5, 5.41) is 8.35. The first-order valence-corrected chi connectivity index (χ1v) is 4.12. The van der Waals surface area contributed by atoms with Gasteiger partial charge in [0.25, 0.3) is 0 Å². The Morgan fingerprint density at radius 2 is 1.86 bits per heavy atom. The number of nitriles is 1. The van der Waals surface area contributed by atoms with Gasteiger partial charge in [0.15, 0.2) is 0 Å². The molecule has 0 spiro atoms. The van der Waals surface area contributed by atoms with Crippen molar-refractivity contribution < 1.29 is 17.6 Å². The van der Waals surface area contributed by atoms with Gasteiger partial charge in [-0.2, -0.15) is 18.4 Å². The third-order valence-electron chi connectivity index (χ3n) is 1.47. The van der Waals surface area contributed by atoms with Crippen molar-refractivity contribution in [2.24, 2.45) is 0 Å². The van der Waals surface area contributed by atoms with Crippen molar-refractivity contribution in [3.63, 3.8) is 0 Å². The van der Waals surface area contributed by atoms with Crippen LogP contribution in [0, 0.1) is 17.1 Å². The van der Waals surface area contributed by atoms with Crippen molar-refractivity contribution >= 4 is 15.9 Å². The Morgan fingerprint density at radius 3 is 2.29 bits per heavy atom. The summed E-state index contributed by atoms with van der Waals surface area (Å²) in [7, 11) is 0. The van der Waals surface area contributed by atoms with Gasteiger partial charge in [-0.05, 0) is 12.1 Å². The molecular weight excluding hydrogens is 266 g/mol. The summed E-state index contributed by atoms with van der Waals surface area (Å²) < 4.78 is 49.6. The molecule has 14 heavy (non-hydrogen) atoms. The Morgan fingerprint density at radius 1 is 1.29 bits per heavy atom. The monoisotopic (exact) mass is 267 g/mol. The average Bonchev–Trinajstić information content (AvgIpc) is 2.01. The van der Waals surface area contributed by atoms with E-state index in [2.05, 4.69) is 15.9 Å². The fourth-order valence-electron chi connectivity index (χ4n) is 0.911. The van der Waals surface area contributed by atoms with Crippen molar-refractivity contribution in [1.29, 1.82) is 5.26 Å². The van der Waals surface area contributed by atoms with Crippen LogP contribution in [0.4, 0.5) is 17.6 Å². The van der Waals surface area contributed by atoms with Crippen molar-refractivity contribution in [2.75, 3.05) is 0 Å². The molecule has 1 aromatic carbocycles. The molecule has 0 bridgehead atoms. The first-order valence-electron chi connectivity index (χ1n) is 3.32. The van der Waals surface area contributed by atoms with E-state index in [1.807, 2.05) is 0 Å². The fourth-order valence-corrected chi connectivity index (χ4v) is 1.34. The highest BCUT2D eigenvalue weighted by atomic mass is 79.9. The highest BCUT2D eigenvalue weighted by Gasteiger charge is 2.35. The van der Waals surface area contributed by atoms with Gasteiger partial charge in [0.2, 0.25) is 0 Å². The van der Waals surface area contributed by atoms with Gasteiger partial charge >= 0.3 is 6.18 Å². The summed E-state index contributed by atoms with van der Waals surface area (Å²) in [5.41, 5.74) is -2.26. The van der Waals surface area contributed by atoms with Gasteiger partial charge < -0.3 is 0 Å². The molecule has 0 aromatic heterocycles. The van der Waals surface area contributed by atoms with Gasteiger partial charge in [0.05, 0.1) is 11.1 Å². The maximum absolute atomic E-state index is 12.9. The van der Waals surface area contributed by atoms with Crippen molar-refractivity contribution in [3.05, 3.63) is 33.5 Å². The van der Waals surface area contributed by atoms with Gasteiger partial charge in [0, 0.05) is 4.47 Å². The van der Waals surface area contributed by atoms with E-state index in [0.717, 1.165) is 6.07 Å². The van der Waals surface area contributed by atoms with E-state index in [0.29, 0.717) is 6.07 Å². The number of nitrogens with zero attached hydrogens (tertiary/aromatic N) is 1. The minimum absolute atomic E-state index is 0.0543. The van der Waals surface area contributed by atoms with Gasteiger partial charge in [-0.15, -0.1) is 0 Å². The van der Waals surface area contributed by atoms with E-state index in [4.69, 9.17) is 5.26 Å². The zero-order valence-corrected chi connectivity index (χ0v) is 8.08. The predicted octanol–water partition coefficient (Wildman–Crippen LogP) is 3.48. The standard InChI is InChI=1S/C8H2BrF4N/c9-4-1-6(8(11,12)13)5(3-14)7(10)2-4/h1-2H. The van der Waals surface area contributed by atoms with E-state index in [1.165, 1.54) is 6.07 Å². The SMILES string of the molecule is N#Cc1c(F)cc(Br)cc1C(F)(F)F. The summed E-state index contributed by atoms with van der Waals surface area (Å²) in [5.74, 6) is -1.19.